The summed E-state index contributed by atoms with van der Waals surface area (Å²) in [5, 5.41) is 14.7. The highest BCUT2D eigenvalue weighted by atomic mass is 79.9. The molecule has 0 fully saturated rings. The van der Waals surface area contributed by atoms with Crippen molar-refractivity contribution in [3.63, 3.8) is 0 Å². The third-order valence-corrected chi connectivity index (χ3v) is 6.64. The molecule has 0 bridgehead atoms. The van der Waals surface area contributed by atoms with E-state index in [0.717, 1.165) is 15.7 Å². The van der Waals surface area contributed by atoms with Crippen LogP contribution in [0.25, 0.3) is 10.9 Å². The molecule has 7 nitrogen and oxygen atoms in total. The van der Waals surface area contributed by atoms with Crippen LogP contribution in [0.15, 0.2) is 76.0 Å². The molecule has 1 atom stereocenters. The molecule has 1 aliphatic rings. The van der Waals surface area contributed by atoms with Crippen LogP contribution in [-0.4, -0.2) is 22.2 Å². The summed E-state index contributed by atoms with van der Waals surface area (Å²) in [5.74, 6) is 0.462. The number of nitrogens with zero attached hydrogens (tertiary/aromatic N) is 1. The molecule has 0 saturated carbocycles. The number of rotatable bonds is 6. The van der Waals surface area contributed by atoms with E-state index in [4.69, 9.17) is 9.47 Å². The first-order valence-electron chi connectivity index (χ1n) is 10.7. The van der Waals surface area contributed by atoms with Gasteiger partial charge in [0, 0.05) is 29.0 Å². The van der Waals surface area contributed by atoms with E-state index in [2.05, 4.69) is 21.2 Å². The van der Waals surface area contributed by atoms with Gasteiger partial charge < -0.3 is 24.5 Å². The lowest BCUT2D eigenvalue weighted by atomic mass is 9.96. The van der Waals surface area contributed by atoms with Gasteiger partial charge in [0.1, 0.15) is 11.3 Å². The van der Waals surface area contributed by atoms with Crippen molar-refractivity contribution in [2.75, 3.05) is 12.1 Å². The van der Waals surface area contributed by atoms with E-state index in [1.165, 1.54) is 4.57 Å². The van der Waals surface area contributed by atoms with Crippen molar-refractivity contribution < 1.29 is 19.4 Å². The SMILES string of the molecule is Cn1c(=O)c(C(=O)C[C@H](Nc2ccccc2Br)c2ccc3c(c2)OCO3)c(O)c2ccccc21. The Kier molecular flexibility index (Phi) is 5.75. The number of aromatic nitrogens is 1. The lowest BCUT2D eigenvalue weighted by molar-refractivity contribution is 0.0972. The number of aromatic hydroxyl groups is 1. The minimum atomic E-state index is -0.536. The molecule has 172 valence electrons. The van der Waals surface area contributed by atoms with Crippen LogP contribution in [-0.2, 0) is 7.05 Å². The number of fused-ring (bicyclic) bond motifs is 2. The molecule has 2 N–H and O–H groups in total. The predicted molar refractivity (Wildman–Crippen MR) is 133 cm³/mol. The van der Waals surface area contributed by atoms with Gasteiger partial charge in [-0.1, -0.05) is 30.3 Å². The Morgan fingerprint density at radius 3 is 2.65 bits per heavy atom. The summed E-state index contributed by atoms with van der Waals surface area (Å²) in [6.45, 7) is 0.140. The number of anilines is 1. The quantitative estimate of drug-likeness (QED) is 0.341. The van der Waals surface area contributed by atoms with Crippen LogP contribution >= 0.6 is 15.9 Å². The van der Waals surface area contributed by atoms with Crippen LogP contribution in [0, 0.1) is 0 Å². The van der Waals surface area contributed by atoms with Gasteiger partial charge >= 0.3 is 0 Å². The zero-order valence-electron chi connectivity index (χ0n) is 18.2. The van der Waals surface area contributed by atoms with Gasteiger partial charge in [-0.25, -0.2) is 0 Å². The minimum absolute atomic E-state index is 0.0673. The normalized spacial score (nSPS) is 13.1. The van der Waals surface area contributed by atoms with Crippen molar-refractivity contribution in [2.24, 2.45) is 7.05 Å². The molecular weight excluding hydrogens is 500 g/mol. The van der Waals surface area contributed by atoms with Gasteiger partial charge in [0.05, 0.1) is 11.6 Å². The standard InChI is InChI=1S/C26H21BrN2O5/c1-29-20-9-5-2-6-16(20)25(31)24(26(29)32)21(30)13-19(28-18-8-4-3-7-17(18)27)15-10-11-22-23(12-15)34-14-33-22/h2-12,19,28,31H,13-14H2,1H3/t19-/m0/s1. The highest BCUT2D eigenvalue weighted by Gasteiger charge is 2.26. The fourth-order valence-corrected chi connectivity index (χ4v) is 4.57. The van der Waals surface area contributed by atoms with Gasteiger partial charge in [-0.05, 0) is 57.9 Å². The van der Waals surface area contributed by atoms with Crippen LogP contribution < -0.4 is 20.3 Å². The number of hydrogen-bond acceptors (Lipinski definition) is 6. The lowest BCUT2D eigenvalue weighted by Gasteiger charge is -2.21. The average molecular weight is 521 g/mol. The number of aryl methyl sites for hydroxylation is 1. The molecule has 8 heteroatoms. The summed E-state index contributed by atoms with van der Waals surface area (Å²) in [4.78, 5) is 26.5. The number of ether oxygens (including phenoxy) is 2. The van der Waals surface area contributed by atoms with Crippen LogP contribution in [0.4, 0.5) is 5.69 Å². The molecule has 0 radical (unpaired) electrons. The Morgan fingerprint density at radius 1 is 1.09 bits per heavy atom. The fraction of sp³-hybridized carbons (Fsp3) is 0.154. The number of benzene rings is 3. The molecular formula is C26H21BrN2O5. The van der Waals surface area contributed by atoms with E-state index >= 15 is 0 Å². The van der Waals surface area contributed by atoms with Crippen LogP contribution in [0.5, 0.6) is 17.2 Å². The lowest BCUT2D eigenvalue weighted by Crippen LogP contribution is -2.26. The van der Waals surface area contributed by atoms with Gasteiger partial charge in [-0.2, -0.15) is 0 Å². The van der Waals surface area contributed by atoms with Gasteiger partial charge in [0.25, 0.3) is 5.56 Å². The maximum absolute atomic E-state index is 13.5. The highest BCUT2D eigenvalue weighted by molar-refractivity contribution is 9.10. The van der Waals surface area contributed by atoms with Crippen molar-refractivity contribution in [2.45, 2.75) is 12.5 Å². The maximum Gasteiger partial charge on any atom is 0.265 e. The molecule has 0 spiro atoms. The van der Waals surface area contributed by atoms with E-state index in [-0.39, 0.29) is 24.5 Å². The van der Waals surface area contributed by atoms with E-state index in [1.54, 1.807) is 37.4 Å². The maximum atomic E-state index is 13.5. The molecule has 5 rings (SSSR count). The van der Waals surface area contributed by atoms with Crippen LogP contribution in [0.1, 0.15) is 28.4 Å². The third-order valence-electron chi connectivity index (χ3n) is 5.95. The number of halogens is 1. The van der Waals surface area contributed by atoms with Crippen molar-refractivity contribution in [1.82, 2.24) is 4.57 Å². The number of carbonyl (C=O) groups is 1. The van der Waals surface area contributed by atoms with Crippen molar-refractivity contribution >= 4 is 38.3 Å². The predicted octanol–water partition coefficient (Wildman–Crippen LogP) is 5.16. The van der Waals surface area contributed by atoms with E-state index in [9.17, 15) is 14.7 Å². The summed E-state index contributed by atoms with van der Waals surface area (Å²) in [6.07, 6.45) is -0.0673. The number of hydrogen-bond donors (Lipinski definition) is 2. The van der Waals surface area contributed by atoms with E-state index in [1.807, 2.05) is 36.4 Å². The smallest absolute Gasteiger partial charge is 0.265 e. The zero-order chi connectivity index (χ0) is 23.8. The monoisotopic (exact) mass is 520 g/mol. The third kappa shape index (κ3) is 3.90. The molecule has 3 aromatic carbocycles. The highest BCUT2D eigenvalue weighted by Crippen LogP contribution is 2.37. The molecule has 1 aromatic heterocycles. The molecule has 2 heterocycles. The zero-order valence-corrected chi connectivity index (χ0v) is 19.8. The number of ketones is 1. The Labute approximate surface area is 203 Å². The molecule has 0 aliphatic carbocycles. The number of carbonyl (C=O) groups excluding carboxylic acids is 1. The summed E-state index contributed by atoms with van der Waals surface area (Å²) in [6, 6.07) is 19.5. The Hall–Kier alpha value is -3.78. The van der Waals surface area contributed by atoms with Gasteiger partial charge in [-0.3, -0.25) is 9.59 Å². The van der Waals surface area contributed by atoms with Crippen LogP contribution in [0.2, 0.25) is 0 Å². The summed E-state index contributed by atoms with van der Waals surface area (Å²) in [5.41, 5.74) is 1.37. The first-order chi connectivity index (χ1) is 16.4. The number of para-hydroxylation sites is 2. The van der Waals surface area contributed by atoms with Crippen molar-refractivity contribution in [3.05, 3.63) is 92.7 Å². The second-order valence-corrected chi connectivity index (χ2v) is 8.88. The minimum Gasteiger partial charge on any atom is -0.506 e. The summed E-state index contributed by atoms with van der Waals surface area (Å²) < 4.78 is 13.1. The van der Waals surface area contributed by atoms with Crippen molar-refractivity contribution in [3.8, 4) is 17.2 Å². The number of nitrogens with one attached hydrogen (secondary N) is 1. The van der Waals surface area contributed by atoms with Gasteiger partial charge in [-0.15, -0.1) is 0 Å². The topological polar surface area (TPSA) is 89.8 Å². The number of pyridine rings is 1. The molecule has 4 aromatic rings. The van der Waals surface area contributed by atoms with Gasteiger partial charge in [0.15, 0.2) is 17.3 Å². The summed E-state index contributed by atoms with van der Waals surface area (Å²) >= 11 is 3.53. The second-order valence-electron chi connectivity index (χ2n) is 8.02. The molecule has 0 saturated heterocycles. The van der Waals surface area contributed by atoms with E-state index in [0.29, 0.717) is 22.4 Å². The Morgan fingerprint density at radius 2 is 1.82 bits per heavy atom. The molecule has 0 unspecified atom stereocenters. The van der Waals surface area contributed by atoms with E-state index < -0.39 is 17.4 Å². The molecule has 0 amide bonds. The molecule has 1 aliphatic heterocycles. The van der Waals surface area contributed by atoms with Crippen molar-refractivity contribution in [1.29, 1.82) is 0 Å². The van der Waals surface area contributed by atoms with Crippen LogP contribution in [0.3, 0.4) is 0 Å². The Balaban J connectivity index is 1.56. The Bertz CT molecular complexity index is 1480. The fourth-order valence-electron chi connectivity index (χ4n) is 4.17. The first-order valence-corrected chi connectivity index (χ1v) is 11.5. The first kappa shape index (κ1) is 22.0. The number of Topliss-reactive ketones (excluding diaryl/α,β-unsaturated/α-hetero) is 1. The van der Waals surface area contributed by atoms with Gasteiger partial charge in [0.2, 0.25) is 6.79 Å². The molecule has 34 heavy (non-hydrogen) atoms. The largest absolute Gasteiger partial charge is 0.506 e. The second kappa shape index (κ2) is 8.87. The average Bonchev–Trinajstić information content (AvgIpc) is 3.32. The summed E-state index contributed by atoms with van der Waals surface area (Å²) in [7, 11) is 1.59.